The number of ether oxygens (including phenoxy) is 1. The fraction of sp³-hybridized carbons (Fsp3) is 0.294. The van der Waals surface area contributed by atoms with Crippen molar-refractivity contribution in [2.45, 2.75) is 16.4 Å². The van der Waals surface area contributed by atoms with Crippen LogP contribution in [0.3, 0.4) is 0 Å². The van der Waals surface area contributed by atoms with Crippen LogP contribution in [0.1, 0.15) is 16.5 Å². The number of thioether (sulfide) groups is 1. The minimum Gasteiger partial charge on any atom is -0.496 e. The van der Waals surface area contributed by atoms with Crippen molar-refractivity contribution in [2.75, 3.05) is 19.4 Å². The van der Waals surface area contributed by atoms with Gasteiger partial charge in [-0.3, -0.25) is 0 Å². The fourth-order valence-electron chi connectivity index (χ4n) is 2.81. The van der Waals surface area contributed by atoms with Gasteiger partial charge in [0.2, 0.25) is 10.0 Å². The van der Waals surface area contributed by atoms with Gasteiger partial charge in [-0.1, -0.05) is 22.0 Å². The van der Waals surface area contributed by atoms with Gasteiger partial charge in [-0.25, -0.2) is 8.42 Å². The maximum atomic E-state index is 13.1. The fourth-order valence-corrected chi connectivity index (χ4v) is 6.48. The number of hydrogen-bond acceptors (Lipinski definition) is 4. The molecular weight excluding hydrogens is 467 g/mol. The van der Waals surface area contributed by atoms with Gasteiger partial charge in [0.25, 0.3) is 0 Å². The summed E-state index contributed by atoms with van der Waals surface area (Å²) in [6.45, 7) is 0.198. The second-order valence-corrected chi connectivity index (χ2v) is 9.75. The molecule has 1 aliphatic heterocycles. The molecule has 0 amide bonds. The molecule has 0 spiro atoms. The summed E-state index contributed by atoms with van der Waals surface area (Å²) >= 11 is 4.76. The zero-order chi connectivity index (χ0) is 19.8. The highest BCUT2D eigenvalue weighted by Crippen LogP contribution is 2.45. The lowest BCUT2D eigenvalue weighted by molar-refractivity contribution is -0.137. The van der Waals surface area contributed by atoms with Crippen molar-refractivity contribution in [1.29, 1.82) is 0 Å². The quantitative estimate of drug-likeness (QED) is 0.622. The van der Waals surface area contributed by atoms with Crippen LogP contribution in [0.15, 0.2) is 51.8 Å². The van der Waals surface area contributed by atoms with E-state index in [0.717, 1.165) is 16.6 Å². The summed E-state index contributed by atoms with van der Waals surface area (Å²) < 4.78 is 72.4. The Labute approximate surface area is 167 Å². The summed E-state index contributed by atoms with van der Waals surface area (Å²) in [7, 11) is -2.63. The molecule has 0 aliphatic carbocycles. The topological polar surface area (TPSA) is 46.6 Å². The summed E-state index contributed by atoms with van der Waals surface area (Å²) in [4.78, 5) is -0.376. The minimum atomic E-state index is -4.61. The van der Waals surface area contributed by atoms with Gasteiger partial charge in [0, 0.05) is 22.3 Å². The molecule has 0 N–H and O–H groups in total. The van der Waals surface area contributed by atoms with Crippen molar-refractivity contribution in [1.82, 2.24) is 4.31 Å². The molecule has 146 valence electrons. The van der Waals surface area contributed by atoms with Crippen molar-refractivity contribution in [3.05, 3.63) is 58.1 Å². The van der Waals surface area contributed by atoms with Crippen LogP contribution in [0.4, 0.5) is 13.2 Å². The lowest BCUT2D eigenvalue weighted by Gasteiger charge is -2.25. The van der Waals surface area contributed by atoms with Gasteiger partial charge in [-0.05, 0) is 36.4 Å². The number of hydrogen-bond donors (Lipinski definition) is 0. The molecule has 27 heavy (non-hydrogen) atoms. The number of sulfonamides is 1. The largest absolute Gasteiger partial charge is 0.496 e. The van der Waals surface area contributed by atoms with Crippen molar-refractivity contribution >= 4 is 37.7 Å². The maximum absolute atomic E-state index is 13.1. The van der Waals surface area contributed by atoms with E-state index in [0.29, 0.717) is 23.1 Å². The molecule has 0 aromatic heterocycles. The number of alkyl halides is 3. The Kier molecular flexibility index (Phi) is 5.81. The van der Waals surface area contributed by atoms with E-state index in [1.807, 2.05) is 0 Å². The third kappa shape index (κ3) is 4.13. The molecule has 1 fully saturated rings. The molecule has 2 aromatic rings. The van der Waals surface area contributed by atoms with Gasteiger partial charge >= 0.3 is 6.18 Å². The first kappa shape index (κ1) is 20.5. The summed E-state index contributed by atoms with van der Waals surface area (Å²) in [6, 6.07) is 9.06. The standard InChI is InChI=1S/C17H15BrF3NO3S2/c1-25-15-6-5-12(18)10-14(15)16-22(7-8-26-16)27(23,24)13-4-2-3-11(9-13)17(19,20)21/h2-6,9-10,16H,7-8H2,1H3. The first-order valence-electron chi connectivity index (χ1n) is 7.79. The Morgan fingerprint density at radius 3 is 2.63 bits per heavy atom. The SMILES string of the molecule is COc1ccc(Br)cc1C1SCCN1S(=O)(=O)c1cccc(C(F)(F)F)c1. The Morgan fingerprint density at radius 1 is 1.22 bits per heavy atom. The molecule has 1 aliphatic rings. The van der Waals surface area contributed by atoms with E-state index in [1.54, 1.807) is 18.2 Å². The van der Waals surface area contributed by atoms with Crippen LogP contribution in [0, 0.1) is 0 Å². The number of benzene rings is 2. The number of methoxy groups -OCH3 is 1. The zero-order valence-corrected chi connectivity index (χ0v) is 17.3. The molecular formula is C17H15BrF3NO3S2. The van der Waals surface area contributed by atoms with Gasteiger partial charge in [-0.2, -0.15) is 17.5 Å². The van der Waals surface area contributed by atoms with E-state index >= 15 is 0 Å². The Morgan fingerprint density at radius 2 is 1.96 bits per heavy atom. The van der Waals surface area contributed by atoms with Crippen LogP contribution >= 0.6 is 27.7 Å². The average molecular weight is 482 g/mol. The predicted molar refractivity (Wildman–Crippen MR) is 101 cm³/mol. The lowest BCUT2D eigenvalue weighted by atomic mass is 10.2. The van der Waals surface area contributed by atoms with Crippen molar-refractivity contribution < 1.29 is 26.3 Å². The number of halogens is 4. The highest BCUT2D eigenvalue weighted by molar-refractivity contribution is 9.10. The summed E-state index contributed by atoms with van der Waals surface area (Å²) in [5, 5.41) is -0.586. The lowest BCUT2D eigenvalue weighted by Crippen LogP contribution is -2.31. The van der Waals surface area contributed by atoms with E-state index in [1.165, 1.54) is 29.2 Å². The molecule has 1 unspecified atom stereocenters. The van der Waals surface area contributed by atoms with Crippen molar-refractivity contribution in [2.24, 2.45) is 0 Å². The second kappa shape index (κ2) is 7.65. The smallest absolute Gasteiger partial charge is 0.416 e. The average Bonchev–Trinajstić information content (AvgIpc) is 3.11. The second-order valence-electron chi connectivity index (χ2n) is 5.75. The monoisotopic (exact) mass is 481 g/mol. The van der Waals surface area contributed by atoms with E-state index in [9.17, 15) is 21.6 Å². The molecule has 10 heteroatoms. The number of rotatable bonds is 4. The van der Waals surface area contributed by atoms with Crippen molar-refractivity contribution in [3.63, 3.8) is 0 Å². The molecule has 3 rings (SSSR count). The first-order chi connectivity index (χ1) is 12.6. The van der Waals surface area contributed by atoms with Crippen molar-refractivity contribution in [3.8, 4) is 5.75 Å². The van der Waals surface area contributed by atoms with E-state index in [-0.39, 0.29) is 11.4 Å². The first-order valence-corrected chi connectivity index (χ1v) is 11.1. The Balaban J connectivity index is 2.03. The summed E-state index contributed by atoms with van der Waals surface area (Å²) in [5.74, 6) is 1.04. The van der Waals surface area contributed by atoms with Gasteiger partial charge in [-0.15, -0.1) is 11.8 Å². The van der Waals surface area contributed by atoms with Gasteiger partial charge in [0.05, 0.1) is 22.9 Å². The third-order valence-electron chi connectivity index (χ3n) is 4.07. The molecule has 1 saturated heterocycles. The molecule has 1 heterocycles. The molecule has 1 atom stereocenters. The Bertz CT molecular complexity index is 951. The van der Waals surface area contributed by atoms with Crippen LogP contribution in [0.25, 0.3) is 0 Å². The highest BCUT2D eigenvalue weighted by atomic mass is 79.9. The van der Waals surface area contributed by atoms with E-state index < -0.39 is 27.1 Å². The van der Waals surface area contributed by atoms with Gasteiger partial charge in [0.1, 0.15) is 5.75 Å². The Hall–Kier alpha value is -1.23. The van der Waals surface area contributed by atoms with E-state index in [4.69, 9.17) is 4.74 Å². The maximum Gasteiger partial charge on any atom is 0.416 e. The van der Waals surface area contributed by atoms with Crippen LogP contribution in [0.5, 0.6) is 5.75 Å². The molecule has 0 bridgehead atoms. The third-order valence-corrected chi connectivity index (χ3v) is 7.80. The van der Waals surface area contributed by atoms with Gasteiger partial charge in [0.15, 0.2) is 0 Å². The zero-order valence-electron chi connectivity index (χ0n) is 14.0. The molecule has 0 radical (unpaired) electrons. The highest BCUT2D eigenvalue weighted by Gasteiger charge is 2.39. The number of nitrogens with zero attached hydrogens (tertiary/aromatic N) is 1. The van der Waals surface area contributed by atoms with Gasteiger partial charge < -0.3 is 4.74 Å². The van der Waals surface area contributed by atoms with E-state index in [2.05, 4.69) is 15.9 Å². The molecule has 2 aromatic carbocycles. The van der Waals surface area contributed by atoms with Crippen LogP contribution in [0.2, 0.25) is 0 Å². The predicted octanol–water partition coefficient (Wildman–Crippen LogP) is 4.91. The molecule has 0 saturated carbocycles. The normalized spacial score (nSPS) is 18.6. The summed E-state index contributed by atoms with van der Waals surface area (Å²) in [6.07, 6.45) is -4.61. The molecule has 4 nitrogen and oxygen atoms in total. The van der Waals surface area contributed by atoms with Crippen LogP contribution in [-0.4, -0.2) is 32.1 Å². The minimum absolute atomic E-state index is 0.198. The summed E-state index contributed by atoms with van der Waals surface area (Å²) in [5.41, 5.74) is -0.350. The van der Waals surface area contributed by atoms with Crippen LogP contribution in [-0.2, 0) is 16.2 Å². The van der Waals surface area contributed by atoms with Crippen LogP contribution < -0.4 is 4.74 Å².